The van der Waals surface area contributed by atoms with Crippen molar-refractivity contribution >= 4 is 6.08 Å². The van der Waals surface area contributed by atoms with E-state index in [1.165, 1.54) is 17.5 Å². The molecule has 0 radical (unpaired) electrons. The van der Waals surface area contributed by atoms with E-state index >= 15 is 0 Å². The van der Waals surface area contributed by atoms with Gasteiger partial charge in [-0.2, -0.15) is 0 Å². The van der Waals surface area contributed by atoms with Crippen molar-refractivity contribution in [3.8, 4) is 0 Å². The van der Waals surface area contributed by atoms with E-state index in [9.17, 15) is 0 Å². The van der Waals surface area contributed by atoms with Crippen LogP contribution in [0.15, 0.2) is 30.3 Å². The zero-order valence-corrected chi connectivity index (χ0v) is 13.2. The van der Waals surface area contributed by atoms with Gasteiger partial charge in [-0.1, -0.05) is 84.4 Å². The largest absolute Gasteiger partial charge is 0.0871 e. The molecule has 0 saturated heterocycles. The molecule has 0 heterocycles. The average Bonchev–Trinajstić information content (AvgIpc) is 2.38. The minimum atomic E-state index is 1.25. The first-order valence-electron chi connectivity index (χ1n) is 6.94. The molecule has 0 aliphatic heterocycles. The molecule has 17 heavy (non-hydrogen) atoms. The summed E-state index contributed by atoms with van der Waals surface area (Å²) in [5.74, 6) is 0. The summed E-state index contributed by atoms with van der Waals surface area (Å²) in [5.41, 5.74) is 2.64. The lowest BCUT2D eigenvalue weighted by molar-refractivity contribution is 1.09. The second kappa shape index (κ2) is 20.4. The van der Waals surface area contributed by atoms with Crippen LogP contribution in [-0.4, -0.2) is 0 Å². The van der Waals surface area contributed by atoms with E-state index in [0.717, 1.165) is 0 Å². The predicted octanol–water partition coefficient (Wildman–Crippen LogP) is 6.50. The number of hydrogen-bond acceptors (Lipinski definition) is 0. The first kappa shape index (κ1) is 21.3. The fourth-order valence-corrected chi connectivity index (χ4v) is 0.953. The summed E-state index contributed by atoms with van der Waals surface area (Å²) in [6, 6.07) is 8.36. The third-order valence-corrected chi connectivity index (χ3v) is 1.53. The van der Waals surface area contributed by atoms with Crippen LogP contribution in [0.3, 0.4) is 0 Å². The van der Waals surface area contributed by atoms with Gasteiger partial charge in [-0.25, -0.2) is 0 Å². The highest BCUT2D eigenvalue weighted by atomic mass is 13.9. The van der Waals surface area contributed by atoms with Crippen LogP contribution in [0, 0.1) is 6.92 Å². The van der Waals surface area contributed by atoms with E-state index in [4.69, 9.17) is 0 Å². The molecule has 100 valence electrons. The molecule has 1 aromatic carbocycles. The lowest BCUT2D eigenvalue weighted by atomic mass is 10.1. The summed E-state index contributed by atoms with van der Waals surface area (Å²) < 4.78 is 0. The van der Waals surface area contributed by atoms with Crippen LogP contribution >= 0.6 is 0 Å². The molecule has 0 saturated carbocycles. The van der Waals surface area contributed by atoms with Crippen molar-refractivity contribution < 1.29 is 0 Å². The van der Waals surface area contributed by atoms with Gasteiger partial charge in [0.2, 0.25) is 0 Å². The Hall–Kier alpha value is -1.04. The minimum Gasteiger partial charge on any atom is -0.0871 e. The molecule has 0 heteroatoms. The van der Waals surface area contributed by atoms with Crippen molar-refractivity contribution in [2.75, 3.05) is 0 Å². The molecule has 0 atom stereocenters. The lowest BCUT2D eigenvalue weighted by Crippen LogP contribution is -1.76. The summed E-state index contributed by atoms with van der Waals surface area (Å²) in [4.78, 5) is 0. The van der Waals surface area contributed by atoms with E-state index in [2.05, 4.69) is 57.2 Å². The third-order valence-electron chi connectivity index (χ3n) is 1.53. The molecule has 1 aromatic rings. The minimum absolute atomic E-state index is 1.25. The summed E-state index contributed by atoms with van der Waals surface area (Å²) >= 11 is 0. The molecule has 0 aromatic heterocycles. The number of hydrogen-bond donors (Lipinski definition) is 0. The molecule has 0 aliphatic carbocycles. The molecule has 0 aliphatic rings. The Bertz CT molecular complexity index is 246. The van der Waals surface area contributed by atoms with E-state index in [-0.39, 0.29) is 0 Å². The first-order valence-corrected chi connectivity index (χ1v) is 6.94. The van der Waals surface area contributed by atoms with Crippen LogP contribution in [0.5, 0.6) is 0 Å². The van der Waals surface area contributed by atoms with Gasteiger partial charge in [0, 0.05) is 0 Å². The average molecular weight is 236 g/mol. The van der Waals surface area contributed by atoms with Gasteiger partial charge in [-0.15, -0.1) is 0 Å². The van der Waals surface area contributed by atoms with Crippen LogP contribution in [0.4, 0.5) is 0 Å². The molecule has 0 fully saturated rings. The molecule has 0 N–H and O–H groups in total. The summed E-state index contributed by atoms with van der Waals surface area (Å²) in [7, 11) is 0. The van der Waals surface area contributed by atoms with Crippen LogP contribution in [-0.2, 0) is 0 Å². The zero-order chi connectivity index (χ0) is 14.1. The molecule has 0 spiro atoms. The molecule has 0 nitrogen and oxygen atoms in total. The third kappa shape index (κ3) is 15.0. The van der Waals surface area contributed by atoms with Crippen LogP contribution in [0.1, 0.15) is 66.0 Å². The molecule has 1 rings (SSSR count). The summed E-state index contributed by atoms with van der Waals surface area (Å²) in [6.07, 6.45) is 5.43. The summed E-state index contributed by atoms with van der Waals surface area (Å²) in [5, 5.41) is 0. The Morgan fingerprint density at radius 3 is 1.71 bits per heavy atom. The molecule has 0 bridgehead atoms. The van der Waals surface area contributed by atoms with Gasteiger partial charge in [-0.3, -0.25) is 0 Å². The standard InChI is InChI=1S/C10H12.C3H8.2C2H6/c1-3-6-10-8-5-4-7-9(10)2;1-3-2;2*1-2/h3-8H,1-2H3;3H2,1-2H3;2*1-2H3/b6-3-;;;. The SMILES string of the molecule is C/C=C\c1ccccc1C.CC.CC.CCC. The van der Waals surface area contributed by atoms with Crippen molar-refractivity contribution in [1.29, 1.82) is 0 Å². The Labute approximate surface area is 110 Å². The van der Waals surface area contributed by atoms with E-state index < -0.39 is 0 Å². The Kier molecular flexibility index (Phi) is 25.5. The predicted molar refractivity (Wildman–Crippen MR) is 84.5 cm³/mol. The van der Waals surface area contributed by atoms with Gasteiger partial charge >= 0.3 is 0 Å². The Morgan fingerprint density at radius 2 is 1.35 bits per heavy atom. The zero-order valence-electron chi connectivity index (χ0n) is 13.2. The number of allylic oxidation sites excluding steroid dienone is 1. The van der Waals surface area contributed by atoms with Crippen molar-refractivity contribution in [3.63, 3.8) is 0 Å². The molecular weight excluding hydrogens is 204 g/mol. The monoisotopic (exact) mass is 236 g/mol. The normalized spacial score (nSPS) is 8.00. The highest BCUT2D eigenvalue weighted by Crippen LogP contribution is 2.07. The van der Waals surface area contributed by atoms with Gasteiger partial charge in [0.1, 0.15) is 0 Å². The van der Waals surface area contributed by atoms with E-state index in [1.54, 1.807) is 0 Å². The smallest absolute Gasteiger partial charge is 0.0231 e. The Balaban J connectivity index is -0.000000239. The Morgan fingerprint density at radius 1 is 0.941 bits per heavy atom. The highest BCUT2D eigenvalue weighted by Gasteiger charge is 1.87. The van der Waals surface area contributed by atoms with Gasteiger partial charge in [0.05, 0.1) is 0 Å². The van der Waals surface area contributed by atoms with E-state index in [0.29, 0.717) is 0 Å². The van der Waals surface area contributed by atoms with Crippen LogP contribution < -0.4 is 0 Å². The van der Waals surface area contributed by atoms with Gasteiger partial charge in [0.25, 0.3) is 0 Å². The van der Waals surface area contributed by atoms with Gasteiger partial charge in [0.15, 0.2) is 0 Å². The maximum absolute atomic E-state index is 2.12. The van der Waals surface area contributed by atoms with Crippen molar-refractivity contribution in [2.45, 2.75) is 61.8 Å². The second-order valence-corrected chi connectivity index (χ2v) is 3.06. The maximum Gasteiger partial charge on any atom is -0.0231 e. The number of aryl methyl sites for hydroxylation is 1. The van der Waals surface area contributed by atoms with E-state index in [1.807, 2.05) is 34.6 Å². The second-order valence-electron chi connectivity index (χ2n) is 3.06. The summed E-state index contributed by atoms with van der Waals surface area (Å²) in [6.45, 7) is 16.4. The fraction of sp³-hybridized carbons (Fsp3) is 0.529. The topological polar surface area (TPSA) is 0 Å². The molecule has 0 amide bonds. The number of rotatable bonds is 1. The molecular formula is C17H32. The maximum atomic E-state index is 2.12. The number of benzene rings is 1. The van der Waals surface area contributed by atoms with Gasteiger partial charge < -0.3 is 0 Å². The van der Waals surface area contributed by atoms with Crippen molar-refractivity contribution in [1.82, 2.24) is 0 Å². The quantitative estimate of drug-likeness (QED) is 0.522. The molecule has 0 unspecified atom stereocenters. The first-order chi connectivity index (χ1) is 8.26. The van der Waals surface area contributed by atoms with Crippen molar-refractivity contribution in [2.24, 2.45) is 0 Å². The van der Waals surface area contributed by atoms with Gasteiger partial charge in [-0.05, 0) is 25.0 Å². The fourth-order valence-electron chi connectivity index (χ4n) is 0.953. The van der Waals surface area contributed by atoms with Crippen molar-refractivity contribution in [3.05, 3.63) is 41.5 Å². The van der Waals surface area contributed by atoms with Crippen LogP contribution in [0.25, 0.3) is 6.08 Å². The van der Waals surface area contributed by atoms with Crippen LogP contribution in [0.2, 0.25) is 0 Å². The highest BCUT2D eigenvalue weighted by molar-refractivity contribution is 5.52. The lowest BCUT2D eigenvalue weighted by Gasteiger charge is -1.96.